The van der Waals surface area contributed by atoms with Gasteiger partial charge in [0.15, 0.2) is 5.82 Å². The van der Waals surface area contributed by atoms with Gasteiger partial charge in [-0.2, -0.15) is 0 Å². The zero-order chi connectivity index (χ0) is 21.3. The van der Waals surface area contributed by atoms with Crippen molar-refractivity contribution in [2.24, 2.45) is 4.99 Å². The Morgan fingerprint density at radius 3 is 2.74 bits per heavy atom. The number of benzene rings is 2. The van der Waals surface area contributed by atoms with Crippen LogP contribution in [0.25, 0.3) is 0 Å². The monoisotopic (exact) mass is 411 g/mol. The van der Waals surface area contributed by atoms with Gasteiger partial charge in [-0.1, -0.05) is 48.5 Å². The lowest BCUT2D eigenvalue weighted by atomic mass is 9.93. The number of amidine groups is 1. The average molecular weight is 412 g/mol. The Balaban J connectivity index is 1.46. The molecule has 5 rings (SSSR count). The van der Waals surface area contributed by atoms with Crippen molar-refractivity contribution in [3.8, 4) is 0 Å². The van der Waals surface area contributed by atoms with Crippen LogP contribution in [0.2, 0.25) is 0 Å². The molecule has 0 unspecified atom stereocenters. The van der Waals surface area contributed by atoms with E-state index in [1.807, 2.05) is 66.4 Å². The number of hydrogen-bond acceptors (Lipinski definition) is 4. The van der Waals surface area contributed by atoms with Crippen LogP contribution in [0.1, 0.15) is 27.9 Å². The van der Waals surface area contributed by atoms with Crippen molar-refractivity contribution >= 4 is 23.2 Å². The number of fused-ring (bicyclic) bond motifs is 1. The highest BCUT2D eigenvalue weighted by atomic mass is 16.2. The summed E-state index contributed by atoms with van der Waals surface area (Å²) in [6.07, 6.45) is 2.54. The van der Waals surface area contributed by atoms with Crippen LogP contribution in [0.4, 0.5) is 11.5 Å². The summed E-state index contributed by atoms with van der Waals surface area (Å²) < 4.78 is 0. The van der Waals surface area contributed by atoms with Crippen LogP contribution in [0, 0.1) is 6.92 Å². The topological polar surface area (TPSA) is 69.6 Å². The highest BCUT2D eigenvalue weighted by molar-refractivity contribution is 6.09. The summed E-state index contributed by atoms with van der Waals surface area (Å²) in [5.74, 6) is 1.67. The predicted molar refractivity (Wildman–Crippen MR) is 123 cm³/mol. The molecule has 2 aromatic carbocycles. The second-order valence-corrected chi connectivity index (χ2v) is 8.17. The van der Waals surface area contributed by atoms with Gasteiger partial charge in [-0.05, 0) is 42.7 Å². The Morgan fingerprint density at radius 2 is 1.90 bits per heavy atom. The molecule has 31 heavy (non-hydrogen) atoms. The van der Waals surface area contributed by atoms with Crippen LogP contribution in [0.15, 0.2) is 77.9 Å². The van der Waals surface area contributed by atoms with Crippen LogP contribution < -0.4 is 10.6 Å². The maximum absolute atomic E-state index is 13.3. The molecule has 1 fully saturated rings. The van der Waals surface area contributed by atoms with E-state index in [1.54, 1.807) is 6.20 Å². The van der Waals surface area contributed by atoms with Gasteiger partial charge in [0.05, 0.1) is 18.8 Å². The van der Waals surface area contributed by atoms with Crippen LogP contribution in [0.3, 0.4) is 0 Å². The molecule has 6 heteroatoms. The molecule has 1 aromatic heterocycles. The van der Waals surface area contributed by atoms with Crippen molar-refractivity contribution in [3.05, 3.63) is 89.6 Å². The number of nitrogens with zero attached hydrogens (tertiary/aromatic N) is 3. The predicted octanol–water partition coefficient (Wildman–Crippen LogP) is 4.11. The third kappa shape index (κ3) is 3.65. The second kappa shape index (κ2) is 7.87. The van der Waals surface area contributed by atoms with Gasteiger partial charge in [-0.3, -0.25) is 9.79 Å². The standard InChI is InChI=1S/C25H25N5O/c1-18-8-5-6-11-20(18)23(31)30-15-13-25(17-30)24(27-16-19-9-3-2-4-10-19)28-22-21(29-25)12-7-14-26-22/h2-12,14,29H,13,15-17H2,1H3,(H,26,27,28)/t25-/m1/s1. The molecule has 0 aliphatic carbocycles. The van der Waals surface area contributed by atoms with Gasteiger partial charge >= 0.3 is 0 Å². The Kier molecular flexibility index (Phi) is 4.90. The number of amides is 1. The summed E-state index contributed by atoms with van der Waals surface area (Å²) in [4.78, 5) is 24.6. The van der Waals surface area contributed by atoms with Crippen molar-refractivity contribution in [1.82, 2.24) is 9.88 Å². The van der Waals surface area contributed by atoms with Crippen LogP contribution in [-0.2, 0) is 6.54 Å². The molecule has 1 saturated heterocycles. The molecule has 2 N–H and O–H groups in total. The van der Waals surface area contributed by atoms with Gasteiger partial charge in [-0.25, -0.2) is 4.98 Å². The highest BCUT2D eigenvalue weighted by Crippen LogP contribution is 2.36. The fourth-order valence-electron chi connectivity index (χ4n) is 4.36. The molecule has 1 amide bonds. The average Bonchev–Trinajstić information content (AvgIpc) is 3.22. The first-order chi connectivity index (χ1) is 15.1. The van der Waals surface area contributed by atoms with Crippen molar-refractivity contribution in [2.75, 3.05) is 23.7 Å². The Labute approximate surface area is 182 Å². The number of aryl methyl sites for hydroxylation is 1. The zero-order valence-electron chi connectivity index (χ0n) is 17.5. The molecule has 6 nitrogen and oxygen atoms in total. The molecule has 1 spiro atoms. The minimum Gasteiger partial charge on any atom is -0.368 e. The summed E-state index contributed by atoms with van der Waals surface area (Å²) in [6.45, 7) is 3.77. The molecule has 156 valence electrons. The van der Waals surface area contributed by atoms with Crippen molar-refractivity contribution in [1.29, 1.82) is 0 Å². The Hall–Kier alpha value is -3.67. The van der Waals surface area contributed by atoms with Crippen LogP contribution in [-0.4, -0.2) is 40.3 Å². The summed E-state index contributed by atoms with van der Waals surface area (Å²) in [5.41, 5.74) is 3.38. The Morgan fingerprint density at radius 1 is 1.10 bits per heavy atom. The fourth-order valence-corrected chi connectivity index (χ4v) is 4.36. The number of rotatable bonds is 3. The molecule has 1 atom stereocenters. The van der Waals surface area contributed by atoms with E-state index in [-0.39, 0.29) is 5.91 Å². The van der Waals surface area contributed by atoms with Gasteiger partial charge in [0, 0.05) is 18.3 Å². The molecular weight excluding hydrogens is 386 g/mol. The first-order valence-electron chi connectivity index (χ1n) is 10.6. The van der Waals surface area contributed by atoms with E-state index in [1.165, 1.54) is 0 Å². The largest absolute Gasteiger partial charge is 0.368 e. The van der Waals surface area contributed by atoms with Gasteiger partial charge in [-0.15, -0.1) is 0 Å². The summed E-state index contributed by atoms with van der Waals surface area (Å²) in [5, 5.41) is 7.11. The maximum Gasteiger partial charge on any atom is 0.254 e. The number of likely N-dealkylation sites (tertiary alicyclic amines) is 1. The van der Waals surface area contributed by atoms with Crippen molar-refractivity contribution < 1.29 is 4.79 Å². The molecular formula is C25H25N5O. The molecule has 0 saturated carbocycles. The van der Waals surface area contributed by atoms with Gasteiger partial charge < -0.3 is 15.5 Å². The molecule has 3 heterocycles. The van der Waals surface area contributed by atoms with Crippen molar-refractivity contribution in [2.45, 2.75) is 25.4 Å². The van der Waals surface area contributed by atoms with Gasteiger partial charge in [0.2, 0.25) is 0 Å². The number of aliphatic imine (C=N–C) groups is 1. The molecule has 0 bridgehead atoms. The number of anilines is 2. The van der Waals surface area contributed by atoms with Crippen LogP contribution >= 0.6 is 0 Å². The van der Waals surface area contributed by atoms with Crippen LogP contribution in [0.5, 0.6) is 0 Å². The quantitative estimate of drug-likeness (QED) is 0.681. The molecule has 2 aliphatic heterocycles. The maximum atomic E-state index is 13.3. The smallest absolute Gasteiger partial charge is 0.254 e. The SMILES string of the molecule is Cc1ccccc1C(=O)N1CC[C@]2(C1)Nc1cccnc1NC2=NCc1ccccc1. The highest BCUT2D eigenvalue weighted by Gasteiger charge is 2.47. The lowest BCUT2D eigenvalue weighted by molar-refractivity contribution is 0.0788. The number of carbonyl (C=O) groups excluding carboxylic acids is 1. The first-order valence-corrected chi connectivity index (χ1v) is 10.6. The number of pyridine rings is 1. The van der Waals surface area contributed by atoms with E-state index >= 15 is 0 Å². The molecule has 3 aromatic rings. The zero-order valence-corrected chi connectivity index (χ0v) is 17.5. The van der Waals surface area contributed by atoms with Crippen molar-refractivity contribution in [3.63, 3.8) is 0 Å². The molecule has 2 aliphatic rings. The van der Waals surface area contributed by atoms with E-state index in [4.69, 9.17) is 4.99 Å². The Bertz CT molecular complexity index is 1140. The van der Waals surface area contributed by atoms with Gasteiger partial charge in [0.1, 0.15) is 11.4 Å². The van der Waals surface area contributed by atoms with E-state index in [9.17, 15) is 4.79 Å². The van der Waals surface area contributed by atoms with E-state index in [2.05, 4.69) is 27.8 Å². The summed E-state index contributed by atoms with van der Waals surface area (Å²) >= 11 is 0. The second-order valence-electron chi connectivity index (χ2n) is 8.17. The minimum atomic E-state index is -0.455. The number of carbonyl (C=O) groups is 1. The van der Waals surface area contributed by atoms with E-state index in [0.29, 0.717) is 19.6 Å². The third-order valence-corrected chi connectivity index (χ3v) is 6.07. The van der Waals surface area contributed by atoms with E-state index < -0.39 is 5.54 Å². The number of nitrogens with one attached hydrogen (secondary N) is 2. The third-order valence-electron chi connectivity index (χ3n) is 6.07. The molecule has 0 radical (unpaired) electrons. The summed E-state index contributed by atoms with van der Waals surface area (Å²) in [7, 11) is 0. The lowest BCUT2D eigenvalue weighted by Gasteiger charge is -2.38. The summed E-state index contributed by atoms with van der Waals surface area (Å²) in [6, 6.07) is 21.9. The lowest BCUT2D eigenvalue weighted by Crippen LogP contribution is -2.55. The van der Waals surface area contributed by atoms with E-state index in [0.717, 1.165) is 40.5 Å². The first kappa shape index (κ1) is 19.3. The number of aromatic nitrogens is 1. The minimum absolute atomic E-state index is 0.0659. The normalized spacial score (nSPS) is 20.9. The fraction of sp³-hybridized carbons (Fsp3) is 0.240. The number of hydrogen-bond donors (Lipinski definition) is 2. The van der Waals surface area contributed by atoms with Gasteiger partial charge in [0.25, 0.3) is 5.91 Å².